The molecule has 20 heavy (non-hydrogen) atoms. The Morgan fingerprint density at radius 3 is 2.75 bits per heavy atom. The molecule has 0 aliphatic carbocycles. The summed E-state index contributed by atoms with van der Waals surface area (Å²) >= 11 is 3.33. The Morgan fingerprint density at radius 2 is 2.10 bits per heavy atom. The van der Waals surface area contributed by atoms with Crippen LogP contribution in [0.2, 0.25) is 0 Å². The second kappa shape index (κ2) is 6.09. The van der Waals surface area contributed by atoms with Crippen LogP contribution in [0.15, 0.2) is 31.9 Å². The zero-order chi connectivity index (χ0) is 14.7. The van der Waals surface area contributed by atoms with Gasteiger partial charge in [0.1, 0.15) is 5.56 Å². The lowest BCUT2D eigenvalue weighted by Crippen LogP contribution is -2.16. The zero-order valence-electron chi connectivity index (χ0n) is 11.1. The van der Waals surface area contributed by atoms with Crippen molar-refractivity contribution in [3.05, 3.63) is 38.7 Å². The molecule has 0 amide bonds. The summed E-state index contributed by atoms with van der Waals surface area (Å²) in [6, 6.07) is 4.87. The average Bonchev–Trinajstić information content (AvgIpc) is 2.43. The Balaban J connectivity index is 2.57. The monoisotopic (exact) mass is 340 g/mol. The van der Waals surface area contributed by atoms with E-state index < -0.39 is 11.6 Å². The number of esters is 1. The number of halogens is 1. The van der Waals surface area contributed by atoms with Gasteiger partial charge in [-0.3, -0.25) is 0 Å². The number of ether oxygens (including phenoxy) is 2. The van der Waals surface area contributed by atoms with Gasteiger partial charge in [-0.25, -0.2) is 9.59 Å². The number of hydrogen-bond donors (Lipinski definition) is 0. The topological polar surface area (TPSA) is 65.7 Å². The van der Waals surface area contributed by atoms with Crippen LogP contribution in [0.25, 0.3) is 11.0 Å². The minimum absolute atomic E-state index is 0.119. The molecule has 0 bridgehead atoms. The van der Waals surface area contributed by atoms with Gasteiger partial charge in [-0.2, -0.15) is 0 Å². The number of carbonyl (C=O) groups is 1. The first-order valence-electron chi connectivity index (χ1n) is 6.05. The number of benzene rings is 1. The second-order valence-corrected chi connectivity index (χ2v) is 5.03. The van der Waals surface area contributed by atoms with E-state index in [1.54, 1.807) is 12.1 Å². The van der Waals surface area contributed by atoms with E-state index in [9.17, 15) is 9.59 Å². The van der Waals surface area contributed by atoms with Gasteiger partial charge in [-0.1, -0.05) is 22.9 Å². The molecule has 106 valence electrons. The SMILES string of the molecule is CCCOC(=O)c1cc2cc(Br)cc(OC)c2oc1=O. The van der Waals surface area contributed by atoms with E-state index in [-0.39, 0.29) is 12.2 Å². The summed E-state index contributed by atoms with van der Waals surface area (Å²) in [5.74, 6) is -0.263. The highest BCUT2D eigenvalue weighted by Gasteiger charge is 2.17. The van der Waals surface area contributed by atoms with Crippen molar-refractivity contribution in [2.45, 2.75) is 13.3 Å². The van der Waals surface area contributed by atoms with E-state index in [0.717, 1.165) is 4.47 Å². The third kappa shape index (κ3) is 2.85. The van der Waals surface area contributed by atoms with Crippen molar-refractivity contribution in [2.75, 3.05) is 13.7 Å². The number of rotatable bonds is 4. The van der Waals surface area contributed by atoms with Gasteiger partial charge in [0, 0.05) is 9.86 Å². The second-order valence-electron chi connectivity index (χ2n) is 4.11. The van der Waals surface area contributed by atoms with Crippen LogP contribution in [0.5, 0.6) is 5.75 Å². The van der Waals surface area contributed by atoms with Gasteiger partial charge >= 0.3 is 11.6 Å². The third-order valence-electron chi connectivity index (χ3n) is 2.64. The fourth-order valence-corrected chi connectivity index (χ4v) is 2.19. The molecule has 0 aliphatic rings. The molecule has 0 saturated heterocycles. The highest BCUT2D eigenvalue weighted by Crippen LogP contribution is 2.29. The zero-order valence-corrected chi connectivity index (χ0v) is 12.7. The molecule has 1 aromatic heterocycles. The number of methoxy groups -OCH3 is 1. The molecule has 0 aliphatic heterocycles. The maximum absolute atomic E-state index is 11.9. The van der Waals surface area contributed by atoms with Gasteiger partial charge in [0.05, 0.1) is 13.7 Å². The molecule has 0 unspecified atom stereocenters. The summed E-state index contributed by atoms with van der Waals surface area (Å²) in [7, 11) is 1.48. The first-order valence-corrected chi connectivity index (χ1v) is 6.84. The van der Waals surface area contributed by atoms with Crippen LogP contribution >= 0.6 is 15.9 Å². The first kappa shape index (κ1) is 14.6. The van der Waals surface area contributed by atoms with Crippen LogP contribution < -0.4 is 10.4 Å². The van der Waals surface area contributed by atoms with Gasteiger partial charge < -0.3 is 13.9 Å². The molecular weight excluding hydrogens is 328 g/mol. The summed E-state index contributed by atoms with van der Waals surface area (Å²) in [4.78, 5) is 23.6. The maximum atomic E-state index is 11.9. The molecule has 2 aromatic rings. The lowest BCUT2D eigenvalue weighted by molar-refractivity contribution is 0.0500. The van der Waals surface area contributed by atoms with Gasteiger partial charge in [-0.05, 0) is 24.6 Å². The Kier molecular flexibility index (Phi) is 4.44. The molecule has 0 radical (unpaired) electrons. The molecule has 2 rings (SSSR count). The Morgan fingerprint density at radius 1 is 1.35 bits per heavy atom. The third-order valence-corrected chi connectivity index (χ3v) is 3.10. The van der Waals surface area contributed by atoms with Crippen molar-refractivity contribution in [1.29, 1.82) is 0 Å². The van der Waals surface area contributed by atoms with E-state index in [2.05, 4.69) is 15.9 Å². The van der Waals surface area contributed by atoms with Gasteiger partial charge in [0.15, 0.2) is 11.3 Å². The fourth-order valence-electron chi connectivity index (χ4n) is 1.73. The smallest absolute Gasteiger partial charge is 0.351 e. The number of carbonyl (C=O) groups excluding carboxylic acids is 1. The lowest BCUT2D eigenvalue weighted by atomic mass is 10.2. The highest BCUT2D eigenvalue weighted by atomic mass is 79.9. The fraction of sp³-hybridized carbons (Fsp3) is 0.286. The highest BCUT2D eigenvalue weighted by molar-refractivity contribution is 9.10. The predicted molar refractivity (Wildman–Crippen MR) is 77.3 cm³/mol. The van der Waals surface area contributed by atoms with Crippen molar-refractivity contribution < 1.29 is 18.7 Å². The van der Waals surface area contributed by atoms with E-state index in [4.69, 9.17) is 13.9 Å². The Bertz CT molecular complexity index is 705. The minimum atomic E-state index is -0.737. The van der Waals surface area contributed by atoms with E-state index >= 15 is 0 Å². The lowest BCUT2D eigenvalue weighted by Gasteiger charge is -2.07. The normalized spacial score (nSPS) is 10.6. The number of fused-ring (bicyclic) bond motifs is 1. The molecular formula is C14H13BrO5. The first-order chi connectivity index (χ1) is 9.56. The van der Waals surface area contributed by atoms with Crippen molar-refractivity contribution >= 4 is 32.9 Å². The maximum Gasteiger partial charge on any atom is 0.351 e. The molecule has 0 atom stereocenters. The molecule has 6 heteroatoms. The molecule has 0 spiro atoms. The molecule has 0 N–H and O–H groups in total. The summed E-state index contributed by atoms with van der Waals surface area (Å²) in [6.07, 6.45) is 0.685. The summed E-state index contributed by atoms with van der Waals surface area (Å²) < 4.78 is 16.0. The van der Waals surface area contributed by atoms with Crippen LogP contribution in [0.3, 0.4) is 0 Å². The van der Waals surface area contributed by atoms with E-state index in [1.165, 1.54) is 13.2 Å². The van der Waals surface area contributed by atoms with Crippen LogP contribution in [-0.4, -0.2) is 19.7 Å². The van der Waals surface area contributed by atoms with E-state index in [1.807, 2.05) is 6.92 Å². The van der Waals surface area contributed by atoms with Crippen LogP contribution in [0.1, 0.15) is 23.7 Å². The van der Waals surface area contributed by atoms with Crippen LogP contribution in [-0.2, 0) is 4.74 Å². The molecule has 0 saturated carbocycles. The van der Waals surface area contributed by atoms with Gasteiger partial charge in [0.25, 0.3) is 0 Å². The standard InChI is InChI=1S/C14H13BrO5/c1-3-4-19-13(16)10-6-8-5-9(15)7-11(18-2)12(8)20-14(10)17/h5-7H,3-4H2,1-2H3. The summed E-state index contributed by atoms with van der Waals surface area (Å²) in [5.41, 5.74) is -0.557. The summed E-state index contributed by atoms with van der Waals surface area (Å²) in [5, 5.41) is 0.583. The quantitative estimate of drug-likeness (QED) is 0.631. The van der Waals surface area contributed by atoms with Gasteiger partial charge in [-0.15, -0.1) is 0 Å². The van der Waals surface area contributed by atoms with Crippen molar-refractivity contribution in [3.63, 3.8) is 0 Å². The van der Waals surface area contributed by atoms with Crippen LogP contribution in [0.4, 0.5) is 0 Å². The molecule has 1 heterocycles. The predicted octanol–water partition coefficient (Wildman–Crippen LogP) is 3.13. The average molecular weight is 341 g/mol. The van der Waals surface area contributed by atoms with Crippen molar-refractivity contribution in [2.24, 2.45) is 0 Å². The van der Waals surface area contributed by atoms with Crippen molar-refractivity contribution in [1.82, 2.24) is 0 Å². The largest absolute Gasteiger partial charge is 0.493 e. The van der Waals surface area contributed by atoms with E-state index in [0.29, 0.717) is 23.1 Å². The molecule has 0 fully saturated rings. The molecule has 1 aromatic carbocycles. The summed E-state index contributed by atoms with van der Waals surface area (Å²) in [6.45, 7) is 2.14. The minimum Gasteiger partial charge on any atom is -0.493 e. The van der Waals surface area contributed by atoms with Crippen LogP contribution in [0, 0.1) is 0 Å². The molecule has 5 nitrogen and oxygen atoms in total. The van der Waals surface area contributed by atoms with Gasteiger partial charge in [0.2, 0.25) is 0 Å². The van der Waals surface area contributed by atoms with Crippen molar-refractivity contribution in [3.8, 4) is 5.75 Å². The Hall–Kier alpha value is -1.82. The number of hydrogen-bond acceptors (Lipinski definition) is 5. The Labute approximate surface area is 123 Å².